The zero-order chi connectivity index (χ0) is 21.5. The van der Waals surface area contributed by atoms with E-state index in [9.17, 15) is 4.79 Å². The Hall–Kier alpha value is -3.59. The summed E-state index contributed by atoms with van der Waals surface area (Å²) in [5.41, 5.74) is 4.08. The van der Waals surface area contributed by atoms with E-state index in [1.807, 2.05) is 61.5 Å². The zero-order valence-electron chi connectivity index (χ0n) is 17.6. The Balaban J connectivity index is 1.65. The largest absolute Gasteiger partial charge is 0.489 e. The van der Waals surface area contributed by atoms with Crippen LogP contribution in [-0.4, -0.2) is 15.7 Å². The van der Waals surface area contributed by atoms with E-state index in [-0.39, 0.29) is 11.8 Å². The van der Waals surface area contributed by atoms with Gasteiger partial charge in [0.15, 0.2) is 0 Å². The number of aryl methyl sites for hydroxylation is 1. The molecule has 0 aliphatic heterocycles. The lowest BCUT2D eigenvalue weighted by Crippen LogP contribution is -2.17. The molecule has 3 aromatic rings. The van der Waals surface area contributed by atoms with Gasteiger partial charge in [-0.05, 0) is 54.3 Å². The Morgan fingerprint density at radius 3 is 2.60 bits per heavy atom. The molecule has 0 aliphatic rings. The first-order chi connectivity index (χ1) is 14.5. The van der Waals surface area contributed by atoms with Crippen molar-refractivity contribution in [2.75, 3.05) is 5.32 Å². The summed E-state index contributed by atoms with van der Waals surface area (Å²) in [5, 5.41) is 16.2. The molecule has 0 radical (unpaired) electrons. The molecule has 6 nitrogen and oxygen atoms in total. The SMILES string of the molecule is CCn1nc(C(C)C)cc1C(=O)Nc1cccc(COc2ccc(CC#N)cc2)c1. The number of carbonyl (C=O) groups is 1. The van der Waals surface area contributed by atoms with Crippen LogP contribution in [-0.2, 0) is 19.6 Å². The van der Waals surface area contributed by atoms with E-state index in [2.05, 4.69) is 30.3 Å². The number of nitrogens with zero attached hydrogens (tertiary/aromatic N) is 3. The highest BCUT2D eigenvalue weighted by Gasteiger charge is 2.16. The zero-order valence-corrected chi connectivity index (χ0v) is 17.6. The molecule has 0 aliphatic carbocycles. The summed E-state index contributed by atoms with van der Waals surface area (Å²) in [6.45, 7) is 7.11. The summed E-state index contributed by atoms with van der Waals surface area (Å²) in [4.78, 5) is 12.8. The third-order valence-corrected chi connectivity index (χ3v) is 4.72. The van der Waals surface area contributed by atoms with Gasteiger partial charge in [0.05, 0.1) is 18.2 Å². The van der Waals surface area contributed by atoms with Gasteiger partial charge in [-0.3, -0.25) is 9.48 Å². The van der Waals surface area contributed by atoms with Gasteiger partial charge in [0.1, 0.15) is 18.1 Å². The topological polar surface area (TPSA) is 79.9 Å². The predicted molar refractivity (Wildman–Crippen MR) is 116 cm³/mol. The quantitative estimate of drug-likeness (QED) is 0.580. The van der Waals surface area contributed by atoms with Crippen molar-refractivity contribution < 1.29 is 9.53 Å². The number of nitriles is 1. The van der Waals surface area contributed by atoms with Crippen LogP contribution in [0.4, 0.5) is 5.69 Å². The number of hydrogen-bond acceptors (Lipinski definition) is 4. The first-order valence-electron chi connectivity index (χ1n) is 10.1. The summed E-state index contributed by atoms with van der Waals surface area (Å²) in [5.74, 6) is 0.820. The second-order valence-corrected chi connectivity index (χ2v) is 7.35. The Kier molecular flexibility index (Phi) is 6.87. The van der Waals surface area contributed by atoms with Gasteiger partial charge >= 0.3 is 0 Å². The number of nitrogens with one attached hydrogen (secondary N) is 1. The smallest absolute Gasteiger partial charge is 0.273 e. The summed E-state index contributed by atoms with van der Waals surface area (Å²) < 4.78 is 7.56. The summed E-state index contributed by atoms with van der Waals surface area (Å²) in [6.07, 6.45) is 0.387. The first-order valence-corrected chi connectivity index (χ1v) is 10.1. The van der Waals surface area contributed by atoms with E-state index < -0.39 is 0 Å². The molecule has 30 heavy (non-hydrogen) atoms. The number of carbonyl (C=O) groups excluding carboxylic acids is 1. The van der Waals surface area contributed by atoms with E-state index in [0.29, 0.717) is 31.0 Å². The molecule has 2 aromatic carbocycles. The summed E-state index contributed by atoms with van der Waals surface area (Å²) in [7, 11) is 0. The highest BCUT2D eigenvalue weighted by molar-refractivity contribution is 6.03. The van der Waals surface area contributed by atoms with E-state index >= 15 is 0 Å². The lowest BCUT2D eigenvalue weighted by atomic mass is 10.1. The van der Waals surface area contributed by atoms with Crippen molar-refractivity contribution in [2.24, 2.45) is 0 Å². The van der Waals surface area contributed by atoms with Crippen LogP contribution in [0.1, 0.15) is 54.0 Å². The van der Waals surface area contributed by atoms with Crippen molar-refractivity contribution in [1.29, 1.82) is 5.26 Å². The number of benzene rings is 2. The maximum atomic E-state index is 12.8. The number of aromatic nitrogens is 2. The van der Waals surface area contributed by atoms with Gasteiger partial charge < -0.3 is 10.1 Å². The Morgan fingerprint density at radius 2 is 1.93 bits per heavy atom. The molecule has 1 heterocycles. The van der Waals surface area contributed by atoms with Crippen LogP contribution in [0, 0.1) is 11.3 Å². The molecule has 154 valence electrons. The standard InChI is InChI=1S/C24H26N4O2/c1-4-28-23(15-22(27-28)17(2)3)24(29)26-20-7-5-6-19(14-20)16-30-21-10-8-18(9-11-21)12-13-25/h5-11,14-15,17H,4,12,16H2,1-3H3,(H,26,29). The molecule has 0 saturated heterocycles. The van der Waals surface area contributed by atoms with Crippen molar-refractivity contribution in [3.8, 4) is 11.8 Å². The molecule has 0 bridgehead atoms. The molecule has 6 heteroatoms. The fourth-order valence-electron chi connectivity index (χ4n) is 3.04. The minimum absolute atomic E-state index is 0.178. The summed E-state index contributed by atoms with van der Waals surface area (Å²) in [6, 6.07) is 19.1. The Labute approximate surface area is 177 Å². The van der Waals surface area contributed by atoms with Crippen LogP contribution >= 0.6 is 0 Å². The van der Waals surface area contributed by atoms with Crippen LogP contribution in [0.25, 0.3) is 0 Å². The minimum Gasteiger partial charge on any atom is -0.489 e. The van der Waals surface area contributed by atoms with Gasteiger partial charge in [-0.2, -0.15) is 10.4 Å². The molecule has 1 amide bonds. The highest BCUT2D eigenvalue weighted by Crippen LogP contribution is 2.19. The van der Waals surface area contributed by atoms with Gasteiger partial charge in [0.25, 0.3) is 5.91 Å². The van der Waals surface area contributed by atoms with Gasteiger partial charge in [0.2, 0.25) is 0 Å². The molecular weight excluding hydrogens is 376 g/mol. The molecular formula is C24H26N4O2. The molecule has 3 rings (SSSR count). The van der Waals surface area contributed by atoms with Gasteiger partial charge in [-0.15, -0.1) is 0 Å². The molecule has 0 saturated carbocycles. The van der Waals surface area contributed by atoms with Crippen LogP contribution in [0.5, 0.6) is 5.75 Å². The van der Waals surface area contributed by atoms with Crippen molar-refractivity contribution in [3.05, 3.63) is 77.1 Å². The normalized spacial score (nSPS) is 10.6. The lowest BCUT2D eigenvalue weighted by molar-refractivity contribution is 0.101. The van der Waals surface area contributed by atoms with Crippen LogP contribution in [0.15, 0.2) is 54.6 Å². The fraction of sp³-hybridized carbons (Fsp3) is 0.292. The van der Waals surface area contributed by atoms with Crippen molar-refractivity contribution in [1.82, 2.24) is 9.78 Å². The Bertz CT molecular complexity index is 1050. The summed E-state index contributed by atoms with van der Waals surface area (Å²) >= 11 is 0. The van der Waals surface area contributed by atoms with Crippen LogP contribution in [0.2, 0.25) is 0 Å². The second kappa shape index (κ2) is 9.75. The molecule has 1 N–H and O–H groups in total. The van der Waals surface area contributed by atoms with Gasteiger partial charge in [0, 0.05) is 12.2 Å². The van der Waals surface area contributed by atoms with Crippen molar-refractivity contribution in [2.45, 2.75) is 46.3 Å². The second-order valence-electron chi connectivity index (χ2n) is 7.35. The van der Waals surface area contributed by atoms with E-state index in [0.717, 1.165) is 22.6 Å². The molecule has 0 spiro atoms. The Morgan fingerprint density at radius 1 is 1.17 bits per heavy atom. The number of amides is 1. The van der Waals surface area contributed by atoms with Gasteiger partial charge in [-0.1, -0.05) is 38.1 Å². The van der Waals surface area contributed by atoms with Crippen LogP contribution < -0.4 is 10.1 Å². The van der Waals surface area contributed by atoms with Gasteiger partial charge in [-0.25, -0.2) is 0 Å². The highest BCUT2D eigenvalue weighted by atomic mass is 16.5. The predicted octanol–water partition coefficient (Wildman–Crippen LogP) is 4.92. The van der Waals surface area contributed by atoms with E-state index in [1.165, 1.54) is 0 Å². The number of hydrogen-bond donors (Lipinski definition) is 1. The average molecular weight is 402 g/mol. The third kappa shape index (κ3) is 5.26. The third-order valence-electron chi connectivity index (χ3n) is 4.72. The maximum Gasteiger partial charge on any atom is 0.273 e. The fourth-order valence-corrected chi connectivity index (χ4v) is 3.04. The first kappa shape index (κ1) is 21.1. The molecule has 0 unspecified atom stereocenters. The van der Waals surface area contributed by atoms with Crippen molar-refractivity contribution in [3.63, 3.8) is 0 Å². The number of rotatable bonds is 8. The minimum atomic E-state index is -0.178. The van der Waals surface area contributed by atoms with E-state index in [1.54, 1.807) is 4.68 Å². The average Bonchev–Trinajstić information content (AvgIpc) is 3.19. The number of ether oxygens (including phenoxy) is 1. The van der Waals surface area contributed by atoms with Crippen molar-refractivity contribution >= 4 is 11.6 Å². The molecule has 0 fully saturated rings. The lowest BCUT2D eigenvalue weighted by Gasteiger charge is -2.10. The molecule has 1 aromatic heterocycles. The maximum absolute atomic E-state index is 12.8. The number of anilines is 1. The monoisotopic (exact) mass is 402 g/mol. The van der Waals surface area contributed by atoms with Crippen LogP contribution in [0.3, 0.4) is 0 Å². The molecule has 0 atom stereocenters. The van der Waals surface area contributed by atoms with E-state index in [4.69, 9.17) is 10.00 Å².